The first-order valence-corrected chi connectivity index (χ1v) is 9.24. The van der Waals surface area contributed by atoms with Crippen molar-refractivity contribution in [3.8, 4) is 0 Å². The highest BCUT2D eigenvalue weighted by molar-refractivity contribution is 8.77. The monoisotopic (exact) mass is 354 g/mol. The molecule has 1 atom stereocenters. The normalized spacial score (nSPS) is 17.8. The quantitative estimate of drug-likeness (QED) is 0.349. The van der Waals surface area contributed by atoms with Crippen LogP contribution in [0.1, 0.15) is 6.92 Å². The Morgan fingerprint density at radius 3 is 2.32 bits per heavy atom. The lowest BCUT2D eigenvalue weighted by Gasteiger charge is -2.25. The second-order valence-corrected chi connectivity index (χ2v) is 7.38. The largest absolute Gasteiger partial charge is 0.509 e. The molecule has 1 unspecified atom stereocenters. The highest BCUT2D eigenvalue weighted by atomic mass is 33.1. The van der Waals surface area contributed by atoms with Gasteiger partial charge in [-0.3, -0.25) is 0 Å². The number of rotatable bonds is 9. The topological polar surface area (TPSA) is 80.3 Å². The van der Waals surface area contributed by atoms with Gasteiger partial charge in [-0.25, -0.2) is 9.59 Å². The van der Waals surface area contributed by atoms with Crippen LogP contribution in [0.15, 0.2) is 0 Å². The van der Waals surface area contributed by atoms with Crippen LogP contribution in [-0.2, 0) is 28.5 Å². The molecule has 22 heavy (non-hydrogen) atoms. The third-order valence-electron chi connectivity index (χ3n) is 2.90. The molecule has 0 radical (unpaired) electrons. The van der Waals surface area contributed by atoms with Gasteiger partial charge in [-0.05, 0) is 6.92 Å². The molecule has 0 N–H and O–H groups in total. The number of esters is 1. The lowest BCUT2D eigenvalue weighted by atomic mass is 9.95. The van der Waals surface area contributed by atoms with Crippen LogP contribution in [0.2, 0.25) is 0 Å². The van der Waals surface area contributed by atoms with Gasteiger partial charge in [-0.15, -0.1) is 0 Å². The molecule has 0 aliphatic carbocycles. The summed E-state index contributed by atoms with van der Waals surface area (Å²) in [5.74, 6) is 1.05. The molecular weight excluding hydrogens is 332 g/mol. The van der Waals surface area contributed by atoms with Crippen LogP contribution in [0.5, 0.6) is 0 Å². The Labute approximate surface area is 138 Å². The van der Waals surface area contributed by atoms with Gasteiger partial charge in [-0.1, -0.05) is 21.6 Å². The van der Waals surface area contributed by atoms with Crippen LogP contribution < -0.4 is 0 Å². The van der Waals surface area contributed by atoms with Gasteiger partial charge in [0.2, 0.25) is 0 Å². The van der Waals surface area contributed by atoms with E-state index in [-0.39, 0.29) is 25.2 Å². The minimum atomic E-state index is -1.02. The SMILES string of the molecule is COCCOC(=O)C(C)OC(=O)OCC1(COC)CSSC1. The van der Waals surface area contributed by atoms with Crippen molar-refractivity contribution in [1.82, 2.24) is 0 Å². The van der Waals surface area contributed by atoms with Crippen LogP contribution in [-0.4, -0.2) is 70.4 Å². The second-order valence-electron chi connectivity index (χ2n) is 4.92. The fourth-order valence-corrected chi connectivity index (χ4v) is 5.00. The Morgan fingerprint density at radius 2 is 1.73 bits per heavy atom. The number of carbonyl (C=O) groups excluding carboxylic acids is 2. The Kier molecular flexibility index (Phi) is 8.99. The maximum Gasteiger partial charge on any atom is 0.509 e. The number of ether oxygens (including phenoxy) is 5. The number of carbonyl (C=O) groups is 2. The van der Waals surface area contributed by atoms with E-state index in [0.717, 1.165) is 11.5 Å². The number of hydrogen-bond acceptors (Lipinski definition) is 9. The van der Waals surface area contributed by atoms with E-state index in [1.54, 1.807) is 28.7 Å². The van der Waals surface area contributed by atoms with Crippen molar-refractivity contribution in [2.45, 2.75) is 13.0 Å². The molecule has 1 heterocycles. The van der Waals surface area contributed by atoms with Crippen molar-refractivity contribution in [2.75, 3.05) is 52.2 Å². The molecule has 1 rings (SSSR count). The van der Waals surface area contributed by atoms with E-state index in [0.29, 0.717) is 6.61 Å². The first-order valence-electron chi connectivity index (χ1n) is 6.75. The summed E-state index contributed by atoms with van der Waals surface area (Å²) in [6.45, 7) is 2.55. The van der Waals surface area contributed by atoms with Crippen LogP contribution in [0, 0.1) is 5.41 Å². The molecule has 128 valence electrons. The summed E-state index contributed by atoms with van der Waals surface area (Å²) in [6, 6.07) is 0. The van der Waals surface area contributed by atoms with E-state index in [2.05, 4.69) is 0 Å². The summed E-state index contributed by atoms with van der Waals surface area (Å²) in [4.78, 5) is 23.2. The van der Waals surface area contributed by atoms with E-state index in [9.17, 15) is 9.59 Å². The molecule has 1 aliphatic rings. The minimum absolute atomic E-state index is 0.115. The fraction of sp³-hybridized carbons (Fsp3) is 0.846. The second kappa shape index (κ2) is 10.2. The summed E-state index contributed by atoms with van der Waals surface area (Å²) in [6.07, 6.45) is -1.90. The molecule has 0 saturated carbocycles. The predicted octanol–water partition coefficient (Wildman–Crippen LogP) is 1.75. The zero-order valence-corrected chi connectivity index (χ0v) is 14.6. The zero-order chi connectivity index (χ0) is 16.4. The van der Waals surface area contributed by atoms with Crippen molar-refractivity contribution in [3.63, 3.8) is 0 Å². The average Bonchev–Trinajstić information content (AvgIpc) is 2.94. The standard InChI is InChI=1S/C13H22O7S2/c1-10(11(14)18-5-4-16-2)20-12(15)19-7-13(6-17-3)8-21-22-9-13/h10H,4-9H2,1-3H3. The summed E-state index contributed by atoms with van der Waals surface area (Å²) in [7, 11) is 6.56. The Morgan fingerprint density at radius 1 is 1.05 bits per heavy atom. The Balaban J connectivity index is 2.31. The van der Waals surface area contributed by atoms with E-state index in [1.807, 2.05) is 0 Å². The Bertz CT molecular complexity index is 358. The molecular formula is C13H22O7S2. The van der Waals surface area contributed by atoms with Gasteiger partial charge in [0.05, 0.1) is 13.2 Å². The van der Waals surface area contributed by atoms with Crippen LogP contribution in [0.3, 0.4) is 0 Å². The van der Waals surface area contributed by atoms with Gasteiger partial charge in [0.25, 0.3) is 0 Å². The van der Waals surface area contributed by atoms with Crippen molar-refractivity contribution < 1.29 is 33.3 Å². The molecule has 0 aromatic rings. The summed E-state index contributed by atoms with van der Waals surface area (Å²) >= 11 is 0. The minimum Gasteiger partial charge on any atom is -0.461 e. The third kappa shape index (κ3) is 6.64. The summed E-state index contributed by atoms with van der Waals surface area (Å²) in [5.41, 5.74) is -0.203. The molecule has 1 fully saturated rings. The van der Waals surface area contributed by atoms with Gasteiger partial charge >= 0.3 is 12.1 Å². The third-order valence-corrected chi connectivity index (χ3v) is 5.73. The van der Waals surface area contributed by atoms with Crippen LogP contribution >= 0.6 is 21.6 Å². The van der Waals surface area contributed by atoms with E-state index in [4.69, 9.17) is 23.7 Å². The zero-order valence-electron chi connectivity index (χ0n) is 13.0. The molecule has 9 heteroatoms. The fourth-order valence-electron chi connectivity index (χ4n) is 1.67. The van der Waals surface area contributed by atoms with E-state index in [1.165, 1.54) is 14.0 Å². The molecule has 1 saturated heterocycles. The molecule has 0 amide bonds. The molecule has 7 nitrogen and oxygen atoms in total. The maximum atomic E-state index is 11.7. The smallest absolute Gasteiger partial charge is 0.461 e. The lowest BCUT2D eigenvalue weighted by Crippen LogP contribution is -2.36. The molecule has 0 aromatic carbocycles. The number of hydrogen-bond donors (Lipinski definition) is 0. The van der Waals surface area contributed by atoms with Crippen LogP contribution in [0.4, 0.5) is 4.79 Å². The predicted molar refractivity (Wildman–Crippen MR) is 84.0 cm³/mol. The molecule has 1 aliphatic heterocycles. The number of methoxy groups -OCH3 is 2. The van der Waals surface area contributed by atoms with Crippen molar-refractivity contribution in [1.29, 1.82) is 0 Å². The Hall–Kier alpha value is -0.640. The van der Waals surface area contributed by atoms with E-state index < -0.39 is 18.2 Å². The van der Waals surface area contributed by atoms with Gasteiger partial charge in [0, 0.05) is 31.1 Å². The lowest BCUT2D eigenvalue weighted by molar-refractivity contribution is -0.155. The van der Waals surface area contributed by atoms with Gasteiger partial charge in [0.1, 0.15) is 13.2 Å². The van der Waals surface area contributed by atoms with Gasteiger partial charge in [0.15, 0.2) is 6.10 Å². The van der Waals surface area contributed by atoms with Gasteiger partial charge in [-0.2, -0.15) is 0 Å². The van der Waals surface area contributed by atoms with Crippen molar-refractivity contribution in [2.24, 2.45) is 5.41 Å². The molecule has 0 aromatic heterocycles. The van der Waals surface area contributed by atoms with Crippen molar-refractivity contribution >= 4 is 33.7 Å². The molecule has 0 spiro atoms. The van der Waals surface area contributed by atoms with Crippen molar-refractivity contribution in [3.05, 3.63) is 0 Å². The highest BCUT2D eigenvalue weighted by Gasteiger charge is 2.37. The molecule has 0 bridgehead atoms. The maximum absolute atomic E-state index is 11.7. The summed E-state index contributed by atoms with van der Waals surface area (Å²) in [5, 5.41) is 0. The van der Waals surface area contributed by atoms with Gasteiger partial charge < -0.3 is 23.7 Å². The average molecular weight is 354 g/mol. The van der Waals surface area contributed by atoms with E-state index >= 15 is 0 Å². The first kappa shape index (κ1) is 19.4. The highest BCUT2D eigenvalue weighted by Crippen LogP contribution is 2.43. The summed E-state index contributed by atoms with van der Waals surface area (Å²) < 4.78 is 24.8. The van der Waals surface area contributed by atoms with Crippen LogP contribution in [0.25, 0.3) is 0 Å². The first-order chi connectivity index (χ1) is 10.5.